The molecule has 1 unspecified atom stereocenters. The van der Waals surface area contributed by atoms with Gasteiger partial charge in [0.1, 0.15) is 5.01 Å². The first-order valence-corrected chi connectivity index (χ1v) is 10.6. The maximum absolute atomic E-state index is 12.7. The van der Waals surface area contributed by atoms with Crippen LogP contribution in [0.25, 0.3) is 0 Å². The van der Waals surface area contributed by atoms with Crippen LogP contribution < -0.4 is 10.6 Å². The Bertz CT molecular complexity index is 706. The number of alkyl halides is 3. The van der Waals surface area contributed by atoms with E-state index in [0.29, 0.717) is 24.1 Å². The van der Waals surface area contributed by atoms with Crippen LogP contribution in [0.2, 0.25) is 0 Å². The molecule has 2 aliphatic rings. The van der Waals surface area contributed by atoms with E-state index in [1.165, 1.54) is 0 Å². The van der Waals surface area contributed by atoms with Gasteiger partial charge in [0.25, 0.3) is 0 Å². The molecule has 6 nitrogen and oxygen atoms in total. The molecule has 29 heavy (non-hydrogen) atoms. The van der Waals surface area contributed by atoms with Gasteiger partial charge in [-0.15, -0.1) is 35.3 Å². The molecule has 1 aliphatic heterocycles. The van der Waals surface area contributed by atoms with Crippen molar-refractivity contribution in [3.8, 4) is 0 Å². The van der Waals surface area contributed by atoms with Crippen molar-refractivity contribution in [1.82, 2.24) is 20.5 Å². The van der Waals surface area contributed by atoms with Crippen LogP contribution in [0.3, 0.4) is 0 Å². The van der Waals surface area contributed by atoms with Crippen LogP contribution in [0, 0.1) is 5.92 Å². The minimum absolute atomic E-state index is 0. The number of carbonyl (C=O) groups excluding carboxylic acids is 1. The summed E-state index contributed by atoms with van der Waals surface area (Å²) in [5, 5.41) is 7.73. The Morgan fingerprint density at radius 2 is 2.07 bits per heavy atom. The third-order valence-corrected chi connectivity index (χ3v) is 5.94. The van der Waals surface area contributed by atoms with Crippen molar-refractivity contribution in [2.45, 2.75) is 57.8 Å². The van der Waals surface area contributed by atoms with Crippen LogP contribution in [-0.2, 0) is 17.5 Å². The zero-order valence-corrected chi connectivity index (χ0v) is 19.4. The number of hydrogen-bond acceptors (Lipinski definition) is 4. The van der Waals surface area contributed by atoms with Gasteiger partial charge in [0, 0.05) is 37.0 Å². The van der Waals surface area contributed by atoms with E-state index in [1.54, 1.807) is 0 Å². The first-order chi connectivity index (χ1) is 13.4. The number of hydrogen-bond donors (Lipinski definition) is 2. The fraction of sp³-hybridized carbons (Fsp3) is 0.722. The standard InChI is InChI=1S/C18H26F3N5OS.HI/c1-2-22-17(23-9-15-25-14(11-28-15)18(19,20)21)24-13-7-8-26(10-13)16(27)12-5-3-4-6-12;/h11-13H,2-10H2,1H3,(H2,22,23,24);1H. The second-order valence-electron chi connectivity index (χ2n) is 7.21. The van der Waals surface area contributed by atoms with Crippen LogP contribution in [0.15, 0.2) is 10.4 Å². The third kappa shape index (κ3) is 6.69. The molecule has 2 heterocycles. The van der Waals surface area contributed by atoms with Gasteiger partial charge in [0.2, 0.25) is 5.91 Å². The molecule has 0 radical (unpaired) electrons. The average molecular weight is 545 g/mol. The molecule has 1 saturated heterocycles. The number of aliphatic imine (C=N–C) groups is 1. The number of amides is 1. The molecule has 1 atom stereocenters. The summed E-state index contributed by atoms with van der Waals surface area (Å²) in [6, 6.07) is 0.0881. The number of aromatic nitrogens is 1. The minimum atomic E-state index is -4.43. The van der Waals surface area contributed by atoms with E-state index in [0.717, 1.165) is 55.4 Å². The molecule has 2 fully saturated rings. The number of nitrogens with one attached hydrogen (secondary N) is 2. The minimum Gasteiger partial charge on any atom is -0.357 e. The number of carbonyl (C=O) groups is 1. The highest BCUT2D eigenvalue weighted by atomic mass is 127. The lowest BCUT2D eigenvalue weighted by Gasteiger charge is -2.21. The molecule has 164 valence electrons. The van der Waals surface area contributed by atoms with Crippen molar-refractivity contribution >= 4 is 47.2 Å². The van der Waals surface area contributed by atoms with Gasteiger partial charge in [-0.3, -0.25) is 4.79 Å². The summed E-state index contributed by atoms with van der Waals surface area (Å²) in [7, 11) is 0. The summed E-state index contributed by atoms with van der Waals surface area (Å²) >= 11 is 0.951. The topological polar surface area (TPSA) is 69.6 Å². The van der Waals surface area contributed by atoms with Crippen molar-refractivity contribution in [3.63, 3.8) is 0 Å². The quantitative estimate of drug-likeness (QED) is 0.337. The second kappa shape index (κ2) is 10.8. The zero-order valence-electron chi connectivity index (χ0n) is 16.3. The summed E-state index contributed by atoms with van der Waals surface area (Å²) in [4.78, 5) is 22.4. The van der Waals surface area contributed by atoms with Crippen molar-refractivity contribution in [2.24, 2.45) is 10.9 Å². The summed E-state index contributed by atoms with van der Waals surface area (Å²) in [6.45, 7) is 4.00. The third-order valence-electron chi connectivity index (χ3n) is 5.10. The molecule has 1 aromatic heterocycles. The van der Waals surface area contributed by atoms with E-state index >= 15 is 0 Å². The molecule has 1 aliphatic carbocycles. The molecular weight excluding hydrogens is 518 g/mol. The molecule has 0 spiro atoms. The lowest BCUT2D eigenvalue weighted by molar-refractivity contribution is -0.140. The molecule has 11 heteroatoms. The number of nitrogens with zero attached hydrogens (tertiary/aromatic N) is 3. The Kier molecular flexibility index (Phi) is 8.98. The average Bonchev–Trinajstić information content (AvgIpc) is 3.39. The van der Waals surface area contributed by atoms with E-state index in [-0.39, 0.29) is 48.4 Å². The highest BCUT2D eigenvalue weighted by Crippen LogP contribution is 2.30. The van der Waals surface area contributed by atoms with Gasteiger partial charge in [-0.05, 0) is 26.2 Å². The van der Waals surface area contributed by atoms with Crippen molar-refractivity contribution in [3.05, 3.63) is 16.1 Å². The molecule has 3 rings (SSSR count). The van der Waals surface area contributed by atoms with Crippen LogP contribution >= 0.6 is 35.3 Å². The highest BCUT2D eigenvalue weighted by Gasteiger charge is 2.34. The number of guanidine groups is 1. The van der Waals surface area contributed by atoms with Gasteiger partial charge in [-0.25, -0.2) is 9.98 Å². The Labute approximate surface area is 189 Å². The predicted octanol–water partition coefficient (Wildman–Crippen LogP) is 3.63. The molecule has 2 N–H and O–H groups in total. The zero-order chi connectivity index (χ0) is 20.1. The van der Waals surface area contributed by atoms with Crippen molar-refractivity contribution in [1.29, 1.82) is 0 Å². The summed E-state index contributed by atoms with van der Waals surface area (Å²) in [5.74, 6) is 0.964. The maximum atomic E-state index is 12.7. The number of thiazole rings is 1. The Hall–Kier alpha value is -1.11. The van der Waals surface area contributed by atoms with Gasteiger partial charge in [-0.1, -0.05) is 12.8 Å². The normalized spacial score (nSPS) is 20.6. The lowest BCUT2D eigenvalue weighted by Crippen LogP contribution is -2.45. The van der Waals surface area contributed by atoms with E-state index < -0.39 is 11.9 Å². The van der Waals surface area contributed by atoms with Crippen molar-refractivity contribution in [2.75, 3.05) is 19.6 Å². The summed E-state index contributed by atoms with van der Waals surface area (Å²) in [5.41, 5.74) is -0.877. The smallest absolute Gasteiger partial charge is 0.357 e. The first kappa shape index (κ1) is 24.2. The number of likely N-dealkylation sites (tertiary alicyclic amines) is 1. The Morgan fingerprint density at radius 3 is 2.69 bits per heavy atom. The molecule has 1 amide bonds. The van der Waals surface area contributed by atoms with Gasteiger partial charge in [0.15, 0.2) is 11.7 Å². The first-order valence-electron chi connectivity index (χ1n) is 9.72. The number of halogens is 4. The fourth-order valence-corrected chi connectivity index (χ4v) is 4.41. The van der Waals surface area contributed by atoms with E-state index in [2.05, 4.69) is 20.6 Å². The Balaban J connectivity index is 0.00000300. The fourth-order valence-electron chi connectivity index (χ4n) is 3.68. The van der Waals surface area contributed by atoms with Gasteiger partial charge < -0.3 is 15.5 Å². The summed E-state index contributed by atoms with van der Waals surface area (Å²) < 4.78 is 38.0. The molecular formula is C18H27F3IN5OS. The van der Waals surface area contributed by atoms with Gasteiger partial charge in [0.05, 0.1) is 6.54 Å². The Morgan fingerprint density at radius 1 is 1.34 bits per heavy atom. The molecule has 1 aromatic rings. The SMILES string of the molecule is CCNC(=NCc1nc(C(F)(F)F)cs1)NC1CCN(C(=O)C2CCCC2)C1.I. The van der Waals surface area contributed by atoms with Gasteiger partial charge in [-0.2, -0.15) is 13.2 Å². The van der Waals surface area contributed by atoms with Crippen LogP contribution in [-0.4, -0.2) is 47.4 Å². The predicted molar refractivity (Wildman–Crippen MR) is 117 cm³/mol. The van der Waals surface area contributed by atoms with Crippen LogP contribution in [0.1, 0.15) is 49.7 Å². The highest BCUT2D eigenvalue weighted by molar-refractivity contribution is 14.0. The molecule has 0 aromatic carbocycles. The van der Waals surface area contributed by atoms with E-state index in [1.807, 2.05) is 11.8 Å². The molecule has 0 bridgehead atoms. The van der Waals surface area contributed by atoms with E-state index in [9.17, 15) is 18.0 Å². The van der Waals surface area contributed by atoms with Crippen LogP contribution in [0.4, 0.5) is 13.2 Å². The number of rotatable bonds is 5. The van der Waals surface area contributed by atoms with Crippen LogP contribution in [0.5, 0.6) is 0 Å². The monoisotopic (exact) mass is 545 g/mol. The lowest BCUT2D eigenvalue weighted by atomic mass is 10.1. The summed E-state index contributed by atoms with van der Waals surface area (Å²) in [6.07, 6.45) is 0.654. The van der Waals surface area contributed by atoms with E-state index in [4.69, 9.17) is 0 Å². The maximum Gasteiger partial charge on any atom is 0.434 e. The molecule has 1 saturated carbocycles. The second-order valence-corrected chi connectivity index (χ2v) is 8.16. The van der Waals surface area contributed by atoms with Crippen molar-refractivity contribution < 1.29 is 18.0 Å². The van der Waals surface area contributed by atoms with Gasteiger partial charge >= 0.3 is 6.18 Å². The largest absolute Gasteiger partial charge is 0.434 e.